The van der Waals surface area contributed by atoms with Gasteiger partial charge in [-0.3, -0.25) is 4.79 Å². The monoisotopic (exact) mass is 448 g/mol. The van der Waals surface area contributed by atoms with Gasteiger partial charge in [-0.1, -0.05) is 31.9 Å². The van der Waals surface area contributed by atoms with Gasteiger partial charge in [-0.05, 0) is 58.7 Å². The molecule has 0 unspecified atom stereocenters. The Morgan fingerprint density at radius 2 is 1.58 bits per heavy atom. The van der Waals surface area contributed by atoms with E-state index >= 15 is 0 Å². The smallest absolute Gasteiger partial charge is 0.195 e. The lowest BCUT2D eigenvalue weighted by Crippen LogP contribution is -2.04. The maximum atomic E-state index is 13.1. The molecule has 0 fully saturated rings. The third kappa shape index (κ3) is 3.15. The predicted octanol–water partition coefficient (Wildman–Crippen LogP) is 5.65. The van der Waals surface area contributed by atoms with Gasteiger partial charge in [0.1, 0.15) is 5.82 Å². The van der Waals surface area contributed by atoms with E-state index in [1.165, 1.54) is 18.2 Å². The fourth-order valence-corrected chi connectivity index (χ4v) is 3.15. The largest absolute Gasteiger partial charge is 0.289 e. The molecule has 98 valence electrons. The van der Waals surface area contributed by atoms with Crippen LogP contribution < -0.4 is 0 Å². The minimum atomic E-state index is -0.382. The molecule has 0 bridgehead atoms. The van der Waals surface area contributed by atoms with Gasteiger partial charge in [0.15, 0.2) is 5.78 Å². The molecular weight excluding hydrogens is 443 g/mol. The van der Waals surface area contributed by atoms with Crippen molar-refractivity contribution in [1.82, 2.24) is 0 Å². The van der Waals surface area contributed by atoms with Gasteiger partial charge in [0.25, 0.3) is 0 Å². The van der Waals surface area contributed by atoms with Gasteiger partial charge >= 0.3 is 0 Å². The van der Waals surface area contributed by atoms with Crippen molar-refractivity contribution in [2.45, 2.75) is 6.92 Å². The lowest BCUT2D eigenvalue weighted by molar-refractivity contribution is 0.103. The van der Waals surface area contributed by atoms with Gasteiger partial charge < -0.3 is 0 Å². The second-order valence-corrected chi connectivity index (χ2v) is 6.60. The molecule has 2 rings (SSSR count). The van der Waals surface area contributed by atoms with Gasteiger partial charge in [-0.15, -0.1) is 0 Å². The van der Waals surface area contributed by atoms with Crippen molar-refractivity contribution >= 4 is 53.6 Å². The van der Waals surface area contributed by atoms with E-state index in [9.17, 15) is 9.18 Å². The van der Waals surface area contributed by atoms with Crippen LogP contribution >= 0.6 is 47.8 Å². The summed E-state index contributed by atoms with van der Waals surface area (Å²) >= 11 is 10.0. The van der Waals surface area contributed by atoms with E-state index in [4.69, 9.17) is 0 Å². The van der Waals surface area contributed by atoms with Gasteiger partial charge in [0.2, 0.25) is 0 Å². The van der Waals surface area contributed by atoms with Crippen LogP contribution in [0, 0.1) is 12.7 Å². The molecule has 0 N–H and O–H groups in total. The van der Waals surface area contributed by atoms with Gasteiger partial charge in [0, 0.05) is 24.5 Å². The van der Waals surface area contributed by atoms with Gasteiger partial charge in [-0.2, -0.15) is 0 Å². The van der Waals surface area contributed by atoms with Crippen molar-refractivity contribution < 1.29 is 9.18 Å². The molecule has 5 heteroatoms. The highest BCUT2D eigenvalue weighted by atomic mass is 79.9. The number of rotatable bonds is 2. The maximum absolute atomic E-state index is 13.1. The molecule has 0 atom stereocenters. The van der Waals surface area contributed by atoms with E-state index in [1.54, 1.807) is 6.07 Å². The molecule has 2 aromatic carbocycles. The average Bonchev–Trinajstić information content (AvgIpc) is 2.33. The predicted molar refractivity (Wildman–Crippen MR) is 84.1 cm³/mol. The first-order chi connectivity index (χ1) is 8.90. The van der Waals surface area contributed by atoms with Crippen LogP contribution in [0.1, 0.15) is 21.5 Å². The summed E-state index contributed by atoms with van der Waals surface area (Å²) in [7, 11) is 0. The number of aryl methyl sites for hydroxylation is 1. The second-order valence-electron chi connectivity index (χ2n) is 4.03. The number of halogens is 4. The third-order valence-corrected chi connectivity index (χ3v) is 4.84. The van der Waals surface area contributed by atoms with Gasteiger partial charge in [0.05, 0.1) is 0 Å². The Hall–Kier alpha value is -0.520. The summed E-state index contributed by atoms with van der Waals surface area (Å²) in [4.78, 5) is 12.5. The van der Waals surface area contributed by atoms with Crippen molar-refractivity contribution in [3.05, 3.63) is 66.3 Å². The Morgan fingerprint density at radius 3 is 2.21 bits per heavy atom. The molecule has 2 aromatic rings. The molecule has 0 aliphatic heterocycles. The summed E-state index contributed by atoms with van der Waals surface area (Å²) < 4.78 is 15.1. The number of ketones is 1. The molecular formula is C14H8Br3FO. The fourth-order valence-electron chi connectivity index (χ4n) is 1.64. The minimum Gasteiger partial charge on any atom is -0.289 e. The molecule has 0 aromatic heterocycles. The number of benzene rings is 2. The molecule has 0 heterocycles. The lowest BCUT2D eigenvalue weighted by Gasteiger charge is -2.08. The van der Waals surface area contributed by atoms with Crippen LogP contribution in [0.2, 0.25) is 0 Å². The summed E-state index contributed by atoms with van der Waals surface area (Å²) in [6.07, 6.45) is 0. The number of hydrogen-bond donors (Lipinski definition) is 0. The Morgan fingerprint density at radius 1 is 0.947 bits per heavy atom. The van der Waals surface area contributed by atoms with Crippen molar-refractivity contribution in [2.75, 3.05) is 0 Å². The summed E-state index contributed by atoms with van der Waals surface area (Å²) in [5.74, 6) is -0.549. The van der Waals surface area contributed by atoms with E-state index in [0.717, 1.165) is 14.5 Å². The van der Waals surface area contributed by atoms with E-state index in [0.29, 0.717) is 15.6 Å². The zero-order chi connectivity index (χ0) is 14.2. The Balaban J connectivity index is 2.53. The zero-order valence-electron chi connectivity index (χ0n) is 9.81. The van der Waals surface area contributed by atoms with Crippen molar-refractivity contribution in [3.63, 3.8) is 0 Å². The first-order valence-corrected chi connectivity index (χ1v) is 7.73. The number of hydrogen-bond acceptors (Lipinski definition) is 1. The number of carbonyl (C=O) groups is 1. The minimum absolute atomic E-state index is 0.167. The average molecular weight is 451 g/mol. The molecule has 0 saturated heterocycles. The SMILES string of the molecule is Cc1cc(Br)c(C(=O)c2ccc(F)cc2Br)cc1Br. The molecule has 0 spiro atoms. The van der Waals surface area contributed by atoms with Crippen molar-refractivity contribution in [3.8, 4) is 0 Å². The van der Waals surface area contributed by atoms with Crippen molar-refractivity contribution in [1.29, 1.82) is 0 Å². The van der Waals surface area contributed by atoms with Crippen LogP contribution in [0.5, 0.6) is 0 Å². The van der Waals surface area contributed by atoms with Crippen LogP contribution in [0.15, 0.2) is 43.7 Å². The molecule has 0 amide bonds. The molecule has 19 heavy (non-hydrogen) atoms. The van der Waals surface area contributed by atoms with Crippen LogP contribution in [0.3, 0.4) is 0 Å². The number of carbonyl (C=O) groups excluding carboxylic acids is 1. The molecule has 0 aliphatic rings. The highest BCUT2D eigenvalue weighted by Gasteiger charge is 2.17. The molecule has 0 saturated carbocycles. The Kier molecular flexibility index (Phi) is 4.58. The lowest BCUT2D eigenvalue weighted by atomic mass is 10.0. The van der Waals surface area contributed by atoms with E-state index < -0.39 is 0 Å². The standard InChI is InChI=1S/C14H8Br3FO/c1-7-4-12(16)10(6-11(7)15)14(19)9-3-2-8(18)5-13(9)17/h2-6H,1H3. The van der Waals surface area contributed by atoms with E-state index in [-0.39, 0.29) is 11.6 Å². The Labute approximate surface area is 135 Å². The fraction of sp³-hybridized carbons (Fsp3) is 0.0714. The second kappa shape index (κ2) is 5.85. The molecule has 0 radical (unpaired) electrons. The molecule has 0 aliphatic carbocycles. The Bertz CT molecular complexity index is 668. The highest BCUT2D eigenvalue weighted by molar-refractivity contribution is 9.11. The summed E-state index contributed by atoms with van der Waals surface area (Å²) in [5.41, 5.74) is 1.99. The summed E-state index contributed by atoms with van der Waals surface area (Å²) in [5, 5.41) is 0. The summed E-state index contributed by atoms with van der Waals surface area (Å²) in [6.45, 7) is 1.94. The highest BCUT2D eigenvalue weighted by Crippen LogP contribution is 2.29. The van der Waals surface area contributed by atoms with Gasteiger partial charge in [-0.25, -0.2) is 4.39 Å². The maximum Gasteiger partial charge on any atom is 0.195 e. The first-order valence-electron chi connectivity index (χ1n) is 5.35. The first kappa shape index (κ1) is 14.9. The van der Waals surface area contributed by atoms with Crippen LogP contribution in [-0.2, 0) is 0 Å². The van der Waals surface area contributed by atoms with Crippen LogP contribution in [0.4, 0.5) is 4.39 Å². The zero-order valence-corrected chi connectivity index (χ0v) is 14.6. The van der Waals surface area contributed by atoms with Crippen LogP contribution in [-0.4, -0.2) is 5.78 Å². The van der Waals surface area contributed by atoms with E-state index in [1.807, 2.05) is 13.0 Å². The normalized spacial score (nSPS) is 10.6. The summed E-state index contributed by atoms with van der Waals surface area (Å²) in [6, 6.07) is 7.66. The molecule has 1 nitrogen and oxygen atoms in total. The third-order valence-electron chi connectivity index (χ3n) is 2.67. The van der Waals surface area contributed by atoms with Crippen LogP contribution in [0.25, 0.3) is 0 Å². The van der Waals surface area contributed by atoms with Crippen molar-refractivity contribution in [2.24, 2.45) is 0 Å². The van der Waals surface area contributed by atoms with E-state index in [2.05, 4.69) is 47.8 Å². The quantitative estimate of drug-likeness (QED) is 0.540. The topological polar surface area (TPSA) is 17.1 Å².